The number of esters is 1. The summed E-state index contributed by atoms with van der Waals surface area (Å²) in [5.74, 6) is 0.0634. The molecule has 7 heteroatoms. The summed E-state index contributed by atoms with van der Waals surface area (Å²) in [5.41, 5.74) is 5.26. The summed E-state index contributed by atoms with van der Waals surface area (Å²) in [5, 5.41) is 0. The number of piperazine rings is 1. The predicted molar refractivity (Wildman–Crippen MR) is 130 cm³/mol. The topological polar surface area (TPSA) is 64.0 Å². The number of ether oxygens (including phenoxy) is 2. The molecule has 0 aliphatic carbocycles. The molecule has 0 radical (unpaired) electrons. The van der Waals surface area contributed by atoms with Crippen LogP contribution in [0.2, 0.25) is 0 Å². The number of benzene rings is 1. The average Bonchev–Trinajstić information content (AvgIpc) is 2.82. The normalized spacial score (nSPS) is 18.2. The highest BCUT2D eigenvalue weighted by molar-refractivity contribution is 5.98. The zero-order valence-corrected chi connectivity index (χ0v) is 20.4. The van der Waals surface area contributed by atoms with Gasteiger partial charge in [-0.3, -0.25) is 9.69 Å². The lowest BCUT2D eigenvalue weighted by molar-refractivity contribution is 0.0601. The van der Waals surface area contributed by atoms with E-state index < -0.39 is 0 Å². The van der Waals surface area contributed by atoms with Gasteiger partial charge in [-0.2, -0.15) is 0 Å². The maximum atomic E-state index is 12.8. The third kappa shape index (κ3) is 4.57. The van der Waals surface area contributed by atoms with Gasteiger partial charge < -0.3 is 18.9 Å². The van der Waals surface area contributed by atoms with Gasteiger partial charge in [-0.05, 0) is 37.0 Å². The largest absolute Gasteiger partial charge is 0.465 e. The van der Waals surface area contributed by atoms with Gasteiger partial charge in [0.05, 0.1) is 30.7 Å². The van der Waals surface area contributed by atoms with Crippen LogP contribution in [0.15, 0.2) is 29.2 Å². The molecule has 0 N–H and O–H groups in total. The van der Waals surface area contributed by atoms with E-state index in [1.54, 1.807) is 13.2 Å². The zero-order chi connectivity index (χ0) is 23.7. The Balaban J connectivity index is 1.77. The van der Waals surface area contributed by atoms with Crippen molar-refractivity contribution >= 4 is 11.7 Å². The summed E-state index contributed by atoms with van der Waals surface area (Å²) in [6.07, 6.45) is 2.83. The quantitative estimate of drug-likeness (QED) is 0.627. The number of nitrogens with zero attached hydrogens (tertiary/aromatic N) is 3. The van der Waals surface area contributed by atoms with E-state index in [0.29, 0.717) is 11.5 Å². The van der Waals surface area contributed by atoms with Crippen molar-refractivity contribution in [2.75, 3.05) is 58.5 Å². The fraction of sp³-hybridized carbons (Fsp3) is 0.538. The van der Waals surface area contributed by atoms with Gasteiger partial charge in [0.25, 0.3) is 0 Å². The highest BCUT2D eigenvalue weighted by Gasteiger charge is 2.30. The van der Waals surface area contributed by atoms with Gasteiger partial charge in [0.2, 0.25) is 0 Å². The Morgan fingerprint density at radius 3 is 2.48 bits per heavy atom. The minimum Gasteiger partial charge on any atom is -0.465 e. The first-order valence-corrected chi connectivity index (χ1v) is 11.8. The number of hydrogen-bond acceptors (Lipinski definition) is 6. The molecule has 2 aliphatic rings. The lowest BCUT2D eigenvalue weighted by Crippen LogP contribution is -2.47. The number of carbonyl (C=O) groups excluding carboxylic acids is 1. The van der Waals surface area contributed by atoms with Crippen molar-refractivity contribution in [3.63, 3.8) is 0 Å². The van der Waals surface area contributed by atoms with Crippen molar-refractivity contribution in [1.82, 2.24) is 9.47 Å². The van der Waals surface area contributed by atoms with Crippen LogP contribution < -0.4 is 10.3 Å². The third-order valence-corrected chi connectivity index (χ3v) is 7.05. The Morgan fingerprint density at radius 2 is 1.85 bits per heavy atom. The van der Waals surface area contributed by atoms with Gasteiger partial charge in [0, 0.05) is 69.3 Å². The third-order valence-electron chi connectivity index (χ3n) is 7.05. The number of hydrogen-bond donors (Lipinski definition) is 0. The molecule has 0 spiro atoms. The molecule has 2 aliphatic heterocycles. The van der Waals surface area contributed by atoms with Crippen LogP contribution in [0.3, 0.4) is 0 Å². The molecule has 0 bridgehead atoms. The molecule has 7 nitrogen and oxygen atoms in total. The van der Waals surface area contributed by atoms with Crippen molar-refractivity contribution in [1.29, 1.82) is 0 Å². The number of methoxy groups -OCH3 is 2. The van der Waals surface area contributed by atoms with E-state index in [-0.39, 0.29) is 17.4 Å². The highest BCUT2D eigenvalue weighted by Crippen LogP contribution is 2.40. The Labute approximate surface area is 195 Å². The maximum absolute atomic E-state index is 12.8. The zero-order valence-electron chi connectivity index (χ0n) is 20.4. The summed E-state index contributed by atoms with van der Waals surface area (Å²) >= 11 is 0. The SMILES string of the molecule is COCCN1CCN(c2cc3c(cc2C(=O)OC)-c2cc(=O)c(C)cn2C(C(C)C)C3)CC1. The van der Waals surface area contributed by atoms with E-state index in [1.165, 1.54) is 12.7 Å². The molecule has 1 saturated heterocycles. The van der Waals surface area contributed by atoms with Crippen LogP contribution in [0.5, 0.6) is 0 Å². The summed E-state index contributed by atoms with van der Waals surface area (Å²) in [6.45, 7) is 11.5. The second-order valence-electron chi connectivity index (χ2n) is 9.47. The molecule has 1 unspecified atom stereocenters. The van der Waals surface area contributed by atoms with E-state index in [1.807, 2.05) is 19.2 Å². The first-order chi connectivity index (χ1) is 15.8. The van der Waals surface area contributed by atoms with Crippen LogP contribution in [-0.4, -0.2) is 69.0 Å². The van der Waals surface area contributed by atoms with Crippen molar-refractivity contribution in [3.8, 4) is 11.3 Å². The number of aromatic nitrogens is 1. The van der Waals surface area contributed by atoms with Gasteiger partial charge in [-0.1, -0.05) is 13.8 Å². The molecule has 4 rings (SSSR count). The van der Waals surface area contributed by atoms with Crippen molar-refractivity contribution < 1.29 is 14.3 Å². The number of carbonyl (C=O) groups is 1. The Morgan fingerprint density at radius 1 is 1.12 bits per heavy atom. The molecule has 1 aromatic carbocycles. The predicted octanol–water partition coefficient (Wildman–Crippen LogP) is 3.13. The van der Waals surface area contributed by atoms with Crippen molar-refractivity contribution in [3.05, 3.63) is 51.3 Å². The second-order valence-corrected chi connectivity index (χ2v) is 9.47. The minimum absolute atomic E-state index is 0.0208. The van der Waals surface area contributed by atoms with Crippen LogP contribution >= 0.6 is 0 Å². The maximum Gasteiger partial charge on any atom is 0.339 e. The lowest BCUT2D eigenvalue weighted by atomic mass is 9.85. The first-order valence-electron chi connectivity index (χ1n) is 11.8. The van der Waals surface area contributed by atoms with Crippen LogP contribution in [0, 0.1) is 12.8 Å². The summed E-state index contributed by atoms with van der Waals surface area (Å²) in [6, 6.07) is 6.08. The van der Waals surface area contributed by atoms with E-state index in [0.717, 1.165) is 68.3 Å². The van der Waals surface area contributed by atoms with Gasteiger partial charge in [0.15, 0.2) is 5.43 Å². The lowest BCUT2D eigenvalue weighted by Gasteiger charge is -2.38. The molecule has 1 atom stereocenters. The molecule has 1 aromatic heterocycles. The molecule has 1 fully saturated rings. The van der Waals surface area contributed by atoms with Crippen LogP contribution in [0.1, 0.15) is 41.4 Å². The first kappa shape index (κ1) is 23.5. The van der Waals surface area contributed by atoms with Crippen LogP contribution in [-0.2, 0) is 15.9 Å². The smallest absolute Gasteiger partial charge is 0.339 e. The van der Waals surface area contributed by atoms with Crippen molar-refractivity contribution in [2.45, 2.75) is 33.2 Å². The molecular weight excluding hydrogens is 418 g/mol. The van der Waals surface area contributed by atoms with E-state index >= 15 is 0 Å². The number of pyridine rings is 1. The number of fused-ring (bicyclic) bond motifs is 3. The van der Waals surface area contributed by atoms with E-state index in [2.05, 4.69) is 34.3 Å². The summed E-state index contributed by atoms with van der Waals surface area (Å²) in [4.78, 5) is 30.0. The number of aryl methyl sites for hydroxylation is 1. The number of anilines is 1. The molecule has 33 heavy (non-hydrogen) atoms. The molecule has 2 aromatic rings. The van der Waals surface area contributed by atoms with Crippen LogP contribution in [0.4, 0.5) is 5.69 Å². The fourth-order valence-corrected chi connectivity index (χ4v) is 5.03. The Bertz CT molecular complexity index is 1080. The van der Waals surface area contributed by atoms with Gasteiger partial charge in [0.1, 0.15) is 0 Å². The van der Waals surface area contributed by atoms with Gasteiger partial charge in [-0.25, -0.2) is 4.79 Å². The summed E-state index contributed by atoms with van der Waals surface area (Å²) in [7, 11) is 3.15. The monoisotopic (exact) mass is 453 g/mol. The van der Waals surface area contributed by atoms with E-state index in [9.17, 15) is 9.59 Å². The average molecular weight is 454 g/mol. The summed E-state index contributed by atoms with van der Waals surface area (Å²) < 4.78 is 12.6. The van der Waals surface area contributed by atoms with Gasteiger partial charge in [-0.15, -0.1) is 0 Å². The fourth-order valence-electron chi connectivity index (χ4n) is 5.03. The molecular formula is C26H35N3O4. The standard InChI is InChI=1S/C26H35N3O4/c1-17(2)22-12-19-13-23(28-8-6-27(7-9-28)10-11-32-4)21(26(31)33-5)14-20(19)24-15-25(30)18(3)16-29(22)24/h13-17,22H,6-12H2,1-5H3. The molecule has 0 saturated carbocycles. The minimum atomic E-state index is -0.346. The molecule has 178 valence electrons. The molecule has 3 heterocycles. The van der Waals surface area contributed by atoms with Crippen LogP contribution in [0.25, 0.3) is 11.3 Å². The van der Waals surface area contributed by atoms with Gasteiger partial charge >= 0.3 is 5.97 Å². The Hall–Kier alpha value is -2.64. The molecule has 0 amide bonds. The second kappa shape index (κ2) is 9.69. The van der Waals surface area contributed by atoms with Crippen molar-refractivity contribution in [2.24, 2.45) is 5.92 Å². The number of rotatable bonds is 6. The van der Waals surface area contributed by atoms with E-state index in [4.69, 9.17) is 9.47 Å². The Kier molecular flexibility index (Phi) is 6.91. The highest BCUT2D eigenvalue weighted by atomic mass is 16.5.